The monoisotopic (exact) mass is 551 g/mol. The van der Waals surface area contributed by atoms with Gasteiger partial charge in [0.05, 0.1) is 12.2 Å². The number of ether oxygens (including phenoxy) is 3. The molecular weight excluding hydrogens is 519 g/mol. The van der Waals surface area contributed by atoms with Crippen LogP contribution < -0.4 is 15.6 Å². The first kappa shape index (κ1) is 29.8. The molecule has 0 aliphatic carbocycles. The Morgan fingerprint density at radius 2 is 1.64 bits per heavy atom. The molecule has 2 aromatic rings. The first-order valence-corrected chi connectivity index (χ1v) is 12.1. The molecule has 39 heavy (non-hydrogen) atoms. The number of nitrogens with one attached hydrogen (secondary N) is 2. The van der Waals surface area contributed by atoms with Gasteiger partial charge in [0.1, 0.15) is 29.2 Å². The van der Waals surface area contributed by atoms with Crippen LogP contribution in [-0.4, -0.2) is 46.3 Å². The quantitative estimate of drug-likeness (QED) is 0.517. The van der Waals surface area contributed by atoms with Gasteiger partial charge in [0.2, 0.25) is 0 Å². The van der Waals surface area contributed by atoms with Crippen molar-refractivity contribution in [2.75, 3.05) is 6.61 Å². The number of carbonyl (C=O) groups excluding carboxylic acids is 3. The van der Waals surface area contributed by atoms with E-state index in [-0.39, 0.29) is 18.8 Å². The maximum Gasteiger partial charge on any atom is 0.419 e. The van der Waals surface area contributed by atoms with Crippen molar-refractivity contribution in [3.63, 3.8) is 0 Å². The summed E-state index contributed by atoms with van der Waals surface area (Å²) in [5, 5.41) is 0. The van der Waals surface area contributed by atoms with E-state index in [1.165, 1.54) is 6.92 Å². The molecule has 0 bridgehead atoms. The van der Waals surface area contributed by atoms with E-state index in [1.807, 2.05) is 0 Å². The number of amides is 3. The molecule has 1 aliphatic rings. The molecule has 1 aliphatic heterocycles. The number of nitrogens with zero attached hydrogens (tertiary/aromatic N) is 1. The molecule has 0 spiro atoms. The summed E-state index contributed by atoms with van der Waals surface area (Å²) in [7, 11) is 0. The van der Waals surface area contributed by atoms with Crippen LogP contribution in [-0.2, 0) is 27.1 Å². The van der Waals surface area contributed by atoms with Crippen molar-refractivity contribution in [2.24, 2.45) is 0 Å². The summed E-state index contributed by atoms with van der Waals surface area (Å²) < 4.78 is 57.7. The highest BCUT2D eigenvalue weighted by Crippen LogP contribution is 2.38. The molecule has 9 nitrogen and oxygen atoms in total. The molecule has 2 N–H and O–H groups in total. The van der Waals surface area contributed by atoms with Crippen LogP contribution in [0.2, 0.25) is 0 Å². The van der Waals surface area contributed by atoms with Crippen LogP contribution in [0.4, 0.5) is 18.0 Å². The molecule has 0 radical (unpaired) electrons. The second-order valence-electron chi connectivity index (χ2n) is 10.7. The van der Waals surface area contributed by atoms with Crippen molar-refractivity contribution in [1.82, 2.24) is 15.8 Å². The Kier molecular flexibility index (Phi) is 8.21. The molecule has 2 aromatic carbocycles. The number of hydrazine groups is 1. The average molecular weight is 552 g/mol. The van der Waals surface area contributed by atoms with Crippen LogP contribution >= 0.6 is 0 Å². The van der Waals surface area contributed by atoms with Crippen molar-refractivity contribution in [3.8, 4) is 5.75 Å². The van der Waals surface area contributed by atoms with Gasteiger partial charge in [-0.2, -0.15) is 13.2 Å². The number of rotatable bonds is 5. The van der Waals surface area contributed by atoms with Crippen LogP contribution in [0.5, 0.6) is 5.75 Å². The molecule has 1 saturated heterocycles. The number of alkyl halides is 3. The Morgan fingerprint density at radius 3 is 2.23 bits per heavy atom. The van der Waals surface area contributed by atoms with E-state index >= 15 is 0 Å². The van der Waals surface area contributed by atoms with Crippen molar-refractivity contribution in [2.45, 2.75) is 71.2 Å². The van der Waals surface area contributed by atoms with Gasteiger partial charge in [0.25, 0.3) is 11.8 Å². The largest absolute Gasteiger partial charge is 0.488 e. The lowest BCUT2D eigenvalue weighted by molar-refractivity contribution is -0.139. The van der Waals surface area contributed by atoms with E-state index < -0.39 is 52.3 Å². The third-order valence-electron chi connectivity index (χ3n) is 5.88. The summed E-state index contributed by atoms with van der Waals surface area (Å²) in [5.41, 5.74) is -0.204. The summed E-state index contributed by atoms with van der Waals surface area (Å²) in [5.74, 6) is -2.28. The molecule has 3 amide bonds. The van der Waals surface area contributed by atoms with Crippen molar-refractivity contribution >= 4 is 17.9 Å². The summed E-state index contributed by atoms with van der Waals surface area (Å²) in [6.45, 7) is 9.26. The Hall–Kier alpha value is -3.80. The first-order valence-electron chi connectivity index (χ1n) is 12.1. The lowest BCUT2D eigenvalue weighted by atomic mass is 10.0. The van der Waals surface area contributed by atoms with E-state index in [1.54, 1.807) is 65.0 Å². The molecule has 0 saturated carbocycles. The molecule has 1 heterocycles. The Morgan fingerprint density at radius 1 is 1.00 bits per heavy atom. The molecule has 0 aromatic heterocycles. The summed E-state index contributed by atoms with van der Waals surface area (Å²) in [6, 6.07) is 11.5. The molecule has 1 fully saturated rings. The minimum absolute atomic E-state index is 0.101. The van der Waals surface area contributed by atoms with Crippen LogP contribution in [0.25, 0.3) is 0 Å². The van der Waals surface area contributed by atoms with E-state index in [0.29, 0.717) is 11.6 Å². The second kappa shape index (κ2) is 10.8. The zero-order chi connectivity index (χ0) is 29.2. The second-order valence-corrected chi connectivity index (χ2v) is 10.7. The molecular formula is C27H32F3N3O6. The van der Waals surface area contributed by atoms with Gasteiger partial charge in [-0.25, -0.2) is 4.79 Å². The predicted molar refractivity (Wildman–Crippen MR) is 134 cm³/mol. The normalized spacial score (nSPS) is 18.8. The fourth-order valence-electron chi connectivity index (χ4n) is 4.01. The van der Waals surface area contributed by atoms with Gasteiger partial charge in [-0.05, 0) is 65.3 Å². The zero-order valence-corrected chi connectivity index (χ0v) is 22.6. The smallest absolute Gasteiger partial charge is 0.419 e. The van der Waals surface area contributed by atoms with Crippen molar-refractivity contribution in [1.29, 1.82) is 0 Å². The van der Waals surface area contributed by atoms with E-state index in [4.69, 9.17) is 14.2 Å². The van der Waals surface area contributed by atoms with Gasteiger partial charge < -0.3 is 14.2 Å². The third kappa shape index (κ3) is 6.99. The topological polar surface area (TPSA) is 106 Å². The lowest BCUT2D eigenvalue weighted by Gasteiger charge is -2.39. The zero-order valence-electron chi connectivity index (χ0n) is 22.6. The van der Waals surface area contributed by atoms with Gasteiger partial charge in [0, 0.05) is 5.56 Å². The highest BCUT2D eigenvalue weighted by molar-refractivity contribution is 5.97. The SMILES string of the molecule is CC(C)(C)OC(=O)N1C(C)(C)OCC1(C)C(=O)NNC(=O)c1ccc(OCc2ccccc2)c(C(F)(F)F)c1. The van der Waals surface area contributed by atoms with Crippen LogP contribution in [0.15, 0.2) is 48.5 Å². The number of hydrogen-bond donors (Lipinski definition) is 2. The molecule has 3 rings (SSSR count). The van der Waals surface area contributed by atoms with E-state index in [9.17, 15) is 27.6 Å². The lowest BCUT2D eigenvalue weighted by Crippen LogP contribution is -2.63. The van der Waals surface area contributed by atoms with E-state index in [2.05, 4.69) is 10.9 Å². The Bertz CT molecular complexity index is 1230. The molecule has 1 unspecified atom stereocenters. The van der Waals surface area contributed by atoms with Crippen molar-refractivity contribution in [3.05, 3.63) is 65.2 Å². The number of hydrogen-bond acceptors (Lipinski definition) is 6. The number of benzene rings is 2. The predicted octanol–water partition coefficient (Wildman–Crippen LogP) is 4.81. The van der Waals surface area contributed by atoms with Crippen LogP contribution in [0.3, 0.4) is 0 Å². The molecule has 212 valence electrons. The van der Waals surface area contributed by atoms with Gasteiger partial charge in [-0.3, -0.25) is 25.3 Å². The maximum atomic E-state index is 13.8. The van der Waals surface area contributed by atoms with Gasteiger partial charge in [-0.15, -0.1) is 0 Å². The molecule has 12 heteroatoms. The minimum atomic E-state index is -4.81. The van der Waals surface area contributed by atoms with Crippen LogP contribution in [0.1, 0.15) is 63.0 Å². The highest BCUT2D eigenvalue weighted by atomic mass is 19.4. The summed E-state index contributed by atoms with van der Waals surface area (Å²) >= 11 is 0. The Balaban J connectivity index is 1.74. The first-order chi connectivity index (χ1) is 17.9. The van der Waals surface area contributed by atoms with Gasteiger partial charge >= 0.3 is 12.3 Å². The fraction of sp³-hybridized carbons (Fsp3) is 0.444. The third-order valence-corrected chi connectivity index (χ3v) is 5.88. The standard InChI is InChI=1S/C27H32F3N3O6/c1-24(2,3)39-23(36)33-25(4,5)38-16-26(33,6)22(35)32-31-21(34)18-12-13-20(19(14-18)27(28,29)30)37-15-17-10-8-7-9-11-17/h7-14H,15-16H2,1-6H3,(H,31,34)(H,32,35). The fourth-order valence-corrected chi connectivity index (χ4v) is 4.01. The maximum absolute atomic E-state index is 13.8. The minimum Gasteiger partial charge on any atom is -0.488 e. The van der Waals surface area contributed by atoms with Crippen molar-refractivity contribution < 1.29 is 41.8 Å². The summed E-state index contributed by atoms with van der Waals surface area (Å²) in [6.07, 6.45) is -5.62. The number of halogens is 3. The molecule has 1 atom stereocenters. The number of carbonyl (C=O) groups is 3. The highest BCUT2D eigenvalue weighted by Gasteiger charge is 2.57. The van der Waals surface area contributed by atoms with Gasteiger partial charge in [-0.1, -0.05) is 30.3 Å². The van der Waals surface area contributed by atoms with Gasteiger partial charge in [0.15, 0.2) is 0 Å². The Labute approximate surface area is 224 Å². The summed E-state index contributed by atoms with van der Waals surface area (Å²) in [4.78, 5) is 39.8. The average Bonchev–Trinajstić information content (AvgIpc) is 3.09. The van der Waals surface area contributed by atoms with E-state index in [0.717, 1.165) is 17.0 Å². The van der Waals surface area contributed by atoms with Crippen LogP contribution in [0, 0.1) is 0 Å².